The van der Waals surface area contributed by atoms with Gasteiger partial charge in [-0.3, -0.25) is 0 Å². The molecule has 1 rings (SSSR count). The van der Waals surface area contributed by atoms with E-state index in [0.717, 1.165) is 12.4 Å². The van der Waals surface area contributed by atoms with Crippen molar-refractivity contribution in [3.8, 4) is 0 Å². The molecule has 1 heterocycles. The molecule has 0 radical (unpaired) electrons. The summed E-state index contributed by atoms with van der Waals surface area (Å²) in [5.41, 5.74) is 0. The molecule has 0 saturated carbocycles. The van der Waals surface area contributed by atoms with Crippen molar-refractivity contribution in [3.63, 3.8) is 0 Å². The minimum Gasteiger partial charge on any atom is -0.465 e. The van der Waals surface area contributed by atoms with Gasteiger partial charge in [-0.15, -0.1) is 0 Å². The van der Waals surface area contributed by atoms with E-state index in [9.17, 15) is 9.18 Å². The normalized spacial score (nSPS) is 9.62. The average Bonchev–Trinajstić information content (AvgIpc) is 2.08. The molecular weight excluding hydrogens is 177 g/mol. The summed E-state index contributed by atoms with van der Waals surface area (Å²) in [6.07, 6.45) is 1.35. The van der Waals surface area contributed by atoms with Crippen LogP contribution in [0.3, 0.4) is 0 Å². The van der Waals surface area contributed by atoms with Gasteiger partial charge in [0.2, 0.25) is 0 Å². The summed E-state index contributed by atoms with van der Waals surface area (Å²) in [5, 5.41) is 10.4. The van der Waals surface area contributed by atoms with Gasteiger partial charge in [-0.05, 0) is 0 Å². The highest BCUT2D eigenvalue weighted by Crippen LogP contribution is 1.93. The van der Waals surface area contributed by atoms with Crippen LogP contribution in [0.1, 0.15) is 5.82 Å². The molecule has 0 fully saturated rings. The predicted octanol–water partition coefficient (Wildman–Crippen LogP) is 0.426. The number of halogens is 1. The topological polar surface area (TPSA) is 75.1 Å². The monoisotopic (exact) mass is 185 g/mol. The number of carbonyl (C=O) groups is 1. The fourth-order valence-corrected chi connectivity index (χ4v) is 0.749. The van der Waals surface area contributed by atoms with E-state index in [1.165, 1.54) is 0 Å². The molecule has 1 aromatic heterocycles. The van der Waals surface area contributed by atoms with Crippen LogP contribution in [0.25, 0.3) is 0 Å². The van der Waals surface area contributed by atoms with Crippen molar-refractivity contribution in [2.75, 3.05) is 6.54 Å². The number of rotatable bonds is 3. The van der Waals surface area contributed by atoms with E-state index in [4.69, 9.17) is 5.11 Å². The Hall–Kier alpha value is -1.72. The van der Waals surface area contributed by atoms with Gasteiger partial charge in [-0.25, -0.2) is 19.2 Å². The molecule has 0 atom stereocenters. The summed E-state index contributed by atoms with van der Waals surface area (Å²) in [6, 6.07) is 0. The zero-order valence-electron chi connectivity index (χ0n) is 6.70. The minimum absolute atomic E-state index is 0.223. The van der Waals surface area contributed by atoms with Crippen LogP contribution in [0.15, 0.2) is 12.4 Å². The average molecular weight is 185 g/mol. The molecule has 0 aliphatic carbocycles. The van der Waals surface area contributed by atoms with Crippen molar-refractivity contribution in [2.24, 2.45) is 0 Å². The molecular formula is C7H8FN3O2. The Morgan fingerprint density at radius 3 is 2.69 bits per heavy atom. The van der Waals surface area contributed by atoms with E-state index in [2.05, 4.69) is 15.3 Å². The summed E-state index contributed by atoms with van der Waals surface area (Å²) < 4.78 is 12.3. The maximum atomic E-state index is 12.3. The maximum Gasteiger partial charge on any atom is 0.404 e. The fourth-order valence-electron chi connectivity index (χ4n) is 0.749. The molecule has 0 aliphatic rings. The third kappa shape index (κ3) is 3.46. The molecule has 70 valence electrons. The van der Waals surface area contributed by atoms with E-state index in [-0.39, 0.29) is 6.54 Å². The van der Waals surface area contributed by atoms with Crippen molar-refractivity contribution in [3.05, 3.63) is 24.0 Å². The standard InChI is InChI=1S/C7H8FN3O2/c8-5-3-10-6(11-4-5)1-2-9-7(12)13/h3-4,9H,1-2H2,(H,12,13). The summed E-state index contributed by atoms with van der Waals surface area (Å²) in [5.74, 6) is -0.0925. The highest BCUT2D eigenvalue weighted by Gasteiger charge is 1.98. The zero-order chi connectivity index (χ0) is 9.68. The Morgan fingerprint density at radius 1 is 1.54 bits per heavy atom. The largest absolute Gasteiger partial charge is 0.465 e. The first-order valence-corrected chi connectivity index (χ1v) is 3.61. The van der Waals surface area contributed by atoms with Crippen LogP contribution in [0.5, 0.6) is 0 Å². The molecule has 0 unspecified atom stereocenters. The van der Waals surface area contributed by atoms with Gasteiger partial charge in [0.1, 0.15) is 5.82 Å². The zero-order valence-corrected chi connectivity index (χ0v) is 6.70. The van der Waals surface area contributed by atoms with Crippen LogP contribution in [0.2, 0.25) is 0 Å². The van der Waals surface area contributed by atoms with Crippen LogP contribution < -0.4 is 5.32 Å². The van der Waals surface area contributed by atoms with Gasteiger partial charge in [0.05, 0.1) is 12.4 Å². The van der Waals surface area contributed by atoms with Gasteiger partial charge in [0, 0.05) is 13.0 Å². The second-order valence-electron chi connectivity index (χ2n) is 2.30. The van der Waals surface area contributed by atoms with Gasteiger partial charge in [0.15, 0.2) is 5.82 Å². The SMILES string of the molecule is O=C(O)NCCc1ncc(F)cn1. The Labute approximate surface area is 73.6 Å². The Kier molecular flexibility index (Phi) is 3.13. The molecule has 6 heteroatoms. The van der Waals surface area contributed by atoms with Crippen LogP contribution in [0, 0.1) is 5.82 Å². The summed E-state index contributed by atoms with van der Waals surface area (Å²) >= 11 is 0. The van der Waals surface area contributed by atoms with Crippen molar-refractivity contribution in [2.45, 2.75) is 6.42 Å². The summed E-state index contributed by atoms with van der Waals surface area (Å²) in [6.45, 7) is 0.223. The molecule has 0 aliphatic heterocycles. The van der Waals surface area contributed by atoms with Gasteiger partial charge < -0.3 is 10.4 Å². The van der Waals surface area contributed by atoms with E-state index in [1.54, 1.807) is 0 Å². The van der Waals surface area contributed by atoms with Crippen LogP contribution in [-0.2, 0) is 6.42 Å². The first-order chi connectivity index (χ1) is 6.18. The lowest BCUT2D eigenvalue weighted by molar-refractivity contribution is 0.194. The predicted molar refractivity (Wildman–Crippen MR) is 41.7 cm³/mol. The molecule has 1 amide bonds. The number of nitrogens with one attached hydrogen (secondary N) is 1. The van der Waals surface area contributed by atoms with E-state index >= 15 is 0 Å². The lowest BCUT2D eigenvalue weighted by atomic mass is 10.4. The number of carboxylic acid groups (broad SMARTS) is 1. The van der Waals surface area contributed by atoms with Gasteiger partial charge in [-0.1, -0.05) is 0 Å². The third-order valence-corrected chi connectivity index (χ3v) is 1.30. The molecule has 0 saturated heterocycles. The van der Waals surface area contributed by atoms with E-state index < -0.39 is 11.9 Å². The van der Waals surface area contributed by atoms with Crippen LogP contribution in [-0.4, -0.2) is 27.7 Å². The van der Waals surface area contributed by atoms with Crippen molar-refractivity contribution < 1.29 is 14.3 Å². The minimum atomic E-state index is -1.10. The van der Waals surface area contributed by atoms with Gasteiger partial charge in [-0.2, -0.15) is 0 Å². The van der Waals surface area contributed by atoms with E-state index in [1.807, 2.05) is 0 Å². The maximum absolute atomic E-state index is 12.3. The van der Waals surface area contributed by atoms with Crippen molar-refractivity contribution in [1.82, 2.24) is 15.3 Å². The molecule has 0 aromatic carbocycles. The molecule has 0 bridgehead atoms. The van der Waals surface area contributed by atoms with Crippen molar-refractivity contribution in [1.29, 1.82) is 0 Å². The van der Waals surface area contributed by atoms with E-state index in [0.29, 0.717) is 12.2 Å². The molecule has 2 N–H and O–H groups in total. The smallest absolute Gasteiger partial charge is 0.404 e. The number of amides is 1. The summed E-state index contributed by atoms with van der Waals surface area (Å²) in [7, 11) is 0. The molecule has 0 spiro atoms. The van der Waals surface area contributed by atoms with Gasteiger partial charge in [0.25, 0.3) is 0 Å². The lowest BCUT2D eigenvalue weighted by Gasteiger charge is -1.98. The molecule has 5 nitrogen and oxygen atoms in total. The Bertz CT molecular complexity index is 288. The number of nitrogens with zero attached hydrogens (tertiary/aromatic N) is 2. The van der Waals surface area contributed by atoms with Crippen LogP contribution in [0.4, 0.5) is 9.18 Å². The van der Waals surface area contributed by atoms with Gasteiger partial charge >= 0.3 is 6.09 Å². The molecule has 13 heavy (non-hydrogen) atoms. The second-order valence-corrected chi connectivity index (χ2v) is 2.30. The molecule has 1 aromatic rings. The quantitative estimate of drug-likeness (QED) is 0.715. The number of hydrogen-bond acceptors (Lipinski definition) is 3. The first-order valence-electron chi connectivity index (χ1n) is 3.61. The Morgan fingerprint density at radius 2 is 2.15 bits per heavy atom. The fraction of sp³-hybridized carbons (Fsp3) is 0.286. The summed E-state index contributed by atoms with van der Waals surface area (Å²) in [4.78, 5) is 17.3. The second kappa shape index (κ2) is 4.34. The number of hydrogen-bond donors (Lipinski definition) is 2. The highest BCUT2D eigenvalue weighted by atomic mass is 19.1. The number of aromatic nitrogens is 2. The van der Waals surface area contributed by atoms with Crippen molar-refractivity contribution >= 4 is 6.09 Å². The lowest BCUT2D eigenvalue weighted by Crippen LogP contribution is -2.23. The first kappa shape index (κ1) is 9.37. The van der Waals surface area contributed by atoms with Crippen LogP contribution >= 0.6 is 0 Å². The highest BCUT2D eigenvalue weighted by molar-refractivity contribution is 5.64. The third-order valence-electron chi connectivity index (χ3n) is 1.30. The Balaban J connectivity index is 2.37.